The lowest BCUT2D eigenvalue weighted by atomic mass is 9.71. The number of nitrogens with one attached hydrogen (secondary N) is 1. The molecular formula is C16H33NO2S. The fourth-order valence-electron chi connectivity index (χ4n) is 3.63. The molecule has 0 heterocycles. The Labute approximate surface area is 125 Å². The van der Waals surface area contributed by atoms with Crippen LogP contribution in [0.2, 0.25) is 0 Å². The van der Waals surface area contributed by atoms with Gasteiger partial charge in [0, 0.05) is 12.3 Å². The Hall–Kier alpha value is -0.0900. The van der Waals surface area contributed by atoms with Crippen molar-refractivity contribution in [3.05, 3.63) is 0 Å². The van der Waals surface area contributed by atoms with Gasteiger partial charge in [-0.15, -0.1) is 0 Å². The Kier molecular flexibility index (Phi) is 6.52. The molecule has 20 heavy (non-hydrogen) atoms. The van der Waals surface area contributed by atoms with Gasteiger partial charge in [0.1, 0.15) is 0 Å². The van der Waals surface area contributed by atoms with Crippen LogP contribution in [0.4, 0.5) is 0 Å². The molecule has 120 valence electrons. The van der Waals surface area contributed by atoms with Crippen LogP contribution >= 0.6 is 0 Å². The Morgan fingerprint density at radius 1 is 1.20 bits per heavy atom. The lowest BCUT2D eigenvalue weighted by Gasteiger charge is -2.44. The van der Waals surface area contributed by atoms with Gasteiger partial charge in [-0.3, -0.25) is 0 Å². The molecule has 1 aliphatic carbocycles. The summed E-state index contributed by atoms with van der Waals surface area (Å²) >= 11 is 0. The van der Waals surface area contributed by atoms with Crippen molar-refractivity contribution in [2.75, 3.05) is 12.8 Å². The van der Waals surface area contributed by atoms with Crippen LogP contribution in [-0.4, -0.2) is 32.0 Å². The average Bonchev–Trinajstić information content (AvgIpc) is 2.38. The molecule has 0 bridgehead atoms. The van der Waals surface area contributed by atoms with E-state index in [0.29, 0.717) is 11.8 Å². The molecule has 1 aliphatic rings. The minimum atomic E-state index is -3.08. The van der Waals surface area contributed by atoms with E-state index in [0.717, 1.165) is 19.4 Å². The van der Waals surface area contributed by atoms with Crippen molar-refractivity contribution in [2.45, 2.75) is 77.0 Å². The van der Waals surface area contributed by atoms with Crippen LogP contribution in [0.3, 0.4) is 0 Å². The van der Waals surface area contributed by atoms with Crippen LogP contribution in [0, 0.1) is 11.8 Å². The third kappa shape index (κ3) is 3.97. The van der Waals surface area contributed by atoms with Gasteiger partial charge >= 0.3 is 0 Å². The van der Waals surface area contributed by atoms with Crippen LogP contribution < -0.4 is 5.32 Å². The van der Waals surface area contributed by atoms with E-state index in [4.69, 9.17) is 0 Å². The van der Waals surface area contributed by atoms with Crippen LogP contribution in [0.25, 0.3) is 0 Å². The van der Waals surface area contributed by atoms with Crippen molar-refractivity contribution < 1.29 is 8.42 Å². The van der Waals surface area contributed by atoms with E-state index in [1.54, 1.807) is 0 Å². The summed E-state index contributed by atoms with van der Waals surface area (Å²) in [6.45, 7) is 9.08. The predicted molar refractivity (Wildman–Crippen MR) is 86.7 cm³/mol. The Morgan fingerprint density at radius 2 is 1.80 bits per heavy atom. The molecule has 0 amide bonds. The first-order valence-electron chi connectivity index (χ1n) is 8.18. The summed E-state index contributed by atoms with van der Waals surface area (Å²) in [5.74, 6) is 1.16. The molecule has 0 radical (unpaired) electrons. The number of rotatable bonds is 7. The molecule has 1 saturated carbocycles. The zero-order valence-corrected chi connectivity index (χ0v) is 14.7. The lowest BCUT2D eigenvalue weighted by Crippen LogP contribution is -2.57. The second kappa shape index (κ2) is 7.26. The fraction of sp³-hybridized carbons (Fsp3) is 1.00. The molecule has 1 fully saturated rings. The highest BCUT2D eigenvalue weighted by molar-refractivity contribution is 7.92. The third-order valence-electron chi connectivity index (χ3n) is 5.24. The summed E-state index contributed by atoms with van der Waals surface area (Å²) in [4.78, 5) is 0. The largest absolute Gasteiger partial charge is 0.312 e. The van der Waals surface area contributed by atoms with Crippen molar-refractivity contribution in [3.8, 4) is 0 Å². The maximum Gasteiger partial charge on any atom is 0.154 e. The first-order chi connectivity index (χ1) is 9.25. The van der Waals surface area contributed by atoms with Crippen molar-refractivity contribution in [1.29, 1.82) is 0 Å². The fourth-order valence-corrected chi connectivity index (χ4v) is 4.34. The lowest BCUT2D eigenvalue weighted by molar-refractivity contribution is 0.154. The summed E-state index contributed by atoms with van der Waals surface area (Å²) in [6.07, 6.45) is 8.55. The zero-order chi connectivity index (χ0) is 15.4. The highest BCUT2D eigenvalue weighted by Gasteiger charge is 2.45. The maximum absolute atomic E-state index is 12.3. The smallest absolute Gasteiger partial charge is 0.154 e. The minimum Gasteiger partial charge on any atom is -0.312 e. The van der Waals surface area contributed by atoms with E-state index in [1.807, 2.05) is 13.8 Å². The minimum absolute atomic E-state index is 0.0719. The molecule has 0 aromatic carbocycles. The molecule has 4 heteroatoms. The topological polar surface area (TPSA) is 46.2 Å². The summed E-state index contributed by atoms with van der Waals surface area (Å²) in [5.41, 5.74) is 0. The Morgan fingerprint density at radius 3 is 2.30 bits per heavy atom. The van der Waals surface area contributed by atoms with Crippen LogP contribution in [0.1, 0.15) is 66.2 Å². The van der Waals surface area contributed by atoms with E-state index in [2.05, 4.69) is 19.2 Å². The second-order valence-corrected chi connectivity index (χ2v) is 9.52. The van der Waals surface area contributed by atoms with Gasteiger partial charge in [0.15, 0.2) is 9.84 Å². The van der Waals surface area contributed by atoms with Crippen molar-refractivity contribution >= 4 is 9.84 Å². The van der Waals surface area contributed by atoms with E-state index < -0.39 is 14.6 Å². The molecule has 1 rings (SSSR count). The van der Waals surface area contributed by atoms with Gasteiger partial charge in [0.25, 0.3) is 0 Å². The molecule has 1 N–H and O–H groups in total. The Bertz CT molecular complexity index is 389. The molecular weight excluding hydrogens is 270 g/mol. The Balaban J connectivity index is 3.04. The zero-order valence-electron chi connectivity index (χ0n) is 13.9. The van der Waals surface area contributed by atoms with Crippen LogP contribution in [0.5, 0.6) is 0 Å². The van der Waals surface area contributed by atoms with E-state index in [9.17, 15) is 8.42 Å². The van der Waals surface area contributed by atoms with Crippen LogP contribution in [0.15, 0.2) is 0 Å². The van der Waals surface area contributed by atoms with Gasteiger partial charge in [-0.25, -0.2) is 8.42 Å². The average molecular weight is 304 g/mol. The standard InChI is InChI=1S/C16H33NO2S/c1-6-12-17-15(16(3,4)20(5,18)19)14-11-9-8-10-13(14)7-2/h13-15,17H,6-12H2,1-5H3. The molecule has 3 nitrogen and oxygen atoms in total. The molecule has 3 atom stereocenters. The monoisotopic (exact) mass is 303 g/mol. The number of hydrogen-bond donors (Lipinski definition) is 1. The first kappa shape index (κ1) is 18.0. The summed E-state index contributed by atoms with van der Waals surface area (Å²) in [5, 5.41) is 3.57. The van der Waals surface area contributed by atoms with Gasteiger partial charge in [-0.1, -0.05) is 39.5 Å². The first-order valence-corrected chi connectivity index (χ1v) is 10.1. The summed E-state index contributed by atoms with van der Waals surface area (Å²) in [7, 11) is -3.08. The van der Waals surface area contributed by atoms with E-state index >= 15 is 0 Å². The molecule has 3 unspecified atom stereocenters. The van der Waals surface area contributed by atoms with Gasteiger partial charge in [-0.2, -0.15) is 0 Å². The summed E-state index contributed by atoms with van der Waals surface area (Å²) in [6, 6.07) is 0.0719. The van der Waals surface area contributed by atoms with Crippen molar-refractivity contribution in [2.24, 2.45) is 11.8 Å². The molecule has 0 spiro atoms. The quantitative estimate of drug-likeness (QED) is 0.784. The second-order valence-electron chi connectivity index (χ2n) is 6.92. The molecule has 0 aliphatic heterocycles. The maximum atomic E-state index is 12.3. The number of sulfone groups is 1. The van der Waals surface area contributed by atoms with Gasteiger partial charge in [0.2, 0.25) is 0 Å². The summed E-state index contributed by atoms with van der Waals surface area (Å²) < 4.78 is 23.8. The highest BCUT2D eigenvalue weighted by atomic mass is 32.2. The number of hydrogen-bond acceptors (Lipinski definition) is 3. The molecule has 0 aromatic heterocycles. The van der Waals surface area contributed by atoms with Gasteiger partial charge in [-0.05, 0) is 45.1 Å². The molecule has 0 saturated heterocycles. The van der Waals surface area contributed by atoms with E-state index in [1.165, 1.54) is 31.9 Å². The van der Waals surface area contributed by atoms with Gasteiger partial charge in [0.05, 0.1) is 4.75 Å². The normalized spacial score (nSPS) is 26.4. The predicted octanol–water partition coefficient (Wildman–Crippen LogP) is 3.39. The van der Waals surface area contributed by atoms with Crippen molar-refractivity contribution in [3.63, 3.8) is 0 Å². The highest BCUT2D eigenvalue weighted by Crippen LogP contribution is 2.39. The molecule has 0 aromatic rings. The van der Waals surface area contributed by atoms with E-state index in [-0.39, 0.29) is 6.04 Å². The SMILES string of the molecule is CCCNC(C1CCCCC1CC)C(C)(C)S(C)(=O)=O. The van der Waals surface area contributed by atoms with Gasteiger partial charge < -0.3 is 5.32 Å². The van der Waals surface area contributed by atoms with Crippen molar-refractivity contribution in [1.82, 2.24) is 5.32 Å². The van der Waals surface area contributed by atoms with Crippen LogP contribution in [-0.2, 0) is 9.84 Å². The third-order valence-corrected chi connectivity index (χ3v) is 7.40.